The molecule has 18 heavy (non-hydrogen) atoms. The molecule has 0 aromatic carbocycles. The van der Waals surface area contributed by atoms with Crippen molar-refractivity contribution < 1.29 is 4.52 Å². The number of hydrogen-bond acceptors (Lipinski definition) is 5. The van der Waals surface area contributed by atoms with Crippen LogP contribution in [0.15, 0.2) is 27.6 Å². The molecule has 2 aromatic heterocycles. The van der Waals surface area contributed by atoms with Gasteiger partial charge in [0.2, 0.25) is 0 Å². The summed E-state index contributed by atoms with van der Waals surface area (Å²) in [6, 6.07) is 3.88. The molecule has 2 aromatic rings. The lowest BCUT2D eigenvalue weighted by Crippen LogP contribution is -2.16. The van der Waals surface area contributed by atoms with Gasteiger partial charge in [0.25, 0.3) is 11.4 Å². The molecule has 0 bridgehead atoms. The van der Waals surface area contributed by atoms with Gasteiger partial charge in [0, 0.05) is 30.9 Å². The maximum absolute atomic E-state index is 11.5. The molecular formula is C12H14N4O2. The van der Waals surface area contributed by atoms with Crippen LogP contribution >= 0.6 is 0 Å². The van der Waals surface area contributed by atoms with E-state index in [4.69, 9.17) is 4.52 Å². The van der Waals surface area contributed by atoms with E-state index >= 15 is 0 Å². The molecule has 0 spiro atoms. The first kappa shape index (κ1) is 11.2. The molecule has 6 heteroatoms. The van der Waals surface area contributed by atoms with Gasteiger partial charge in [0.15, 0.2) is 5.82 Å². The van der Waals surface area contributed by atoms with Crippen LogP contribution < -0.4 is 10.9 Å². The molecular weight excluding hydrogens is 232 g/mol. The molecule has 0 radical (unpaired) electrons. The maximum Gasteiger partial charge on any atom is 0.258 e. The summed E-state index contributed by atoms with van der Waals surface area (Å²) in [5.74, 6) is 1.01. The van der Waals surface area contributed by atoms with Crippen LogP contribution in [0.5, 0.6) is 0 Å². The first-order valence-corrected chi connectivity index (χ1v) is 5.95. The Kier molecular flexibility index (Phi) is 2.71. The van der Waals surface area contributed by atoms with Crippen molar-refractivity contribution in [1.29, 1.82) is 0 Å². The Bertz CT molecular complexity index is 613. The summed E-state index contributed by atoms with van der Waals surface area (Å²) >= 11 is 0. The first-order valence-electron chi connectivity index (χ1n) is 5.95. The van der Waals surface area contributed by atoms with Crippen molar-refractivity contribution in [2.45, 2.75) is 25.4 Å². The fraction of sp³-hybridized carbons (Fsp3) is 0.417. The zero-order chi connectivity index (χ0) is 12.5. The fourth-order valence-electron chi connectivity index (χ4n) is 1.65. The van der Waals surface area contributed by atoms with E-state index in [1.54, 1.807) is 19.3 Å². The van der Waals surface area contributed by atoms with Gasteiger partial charge in [0.1, 0.15) is 0 Å². The van der Waals surface area contributed by atoms with Crippen LogP contribution in [0, 0.1) is 0 Å². The summed E-state index contributed by atoms with van der Waals surface area (Å²) in [5, 5.41) is 7.19. The second kappa shape index (κ2) is 4.38. The Morgan fingerprint density at radius 1 is 1.56 bits per heavy atom. The van der Waals surface area contributed by atoms with Crippen LogP contribution in [0.25, 0.3) is 11.5 Å². The Morgan fingerprint density at radius 3 is 3.11 bits per heavy atom. The highest BCUT2D eigenvalue weighted by Crippen LogP contribution is 2.19. The lowest BCUT2D eigenvalue weighted by Gasteiger charge is -1.97. The van der Waals surface area contributed by atoms with E-state index in [1.165, 1.54) is 23.5 Å². The first-order chi connectivity index (χ1) is 8.72. The second-order valence-corrected chi connectivity index (χ2v) is 4.54. The van der Waals surface area contributed by atoms with Crippen LogP contribution in [0.1, 0.15) is 18.7 Å². The topological polar surface area (TPSA) is 73.0 Å². The monoisotopic (exact) mass is 246 g/mol. The van der Waals surface area contributed by atoms with E-state index in [9.17, 15) is 4.79 Å². The standard InChI is InChI=1S/C12H14N4O2/c1-16-5-4-8(6-11(16)17)12-14-10(15-18-12)7-13-9-2-3-9/h4-6,9,13H,2-3,7H2,1H3. The van der Waals surface area contributed by atoms with Crippen LogP contribution in [0.2, 0.25) is 0 Å². The highest BCUT2D eigenvalue weighted by molar-refractivity contribution is 5.51. The van der Waals surface area contributed by atoms with E-state index in [-0.39, 0.29) is 5.56 Å². The van der Waals surface area contributed by atoms with Crippen LogP contribution in [0.3, 0.4) is 0 Å². The molecule has 1 aliphatic rings. The van der Waals surface area contributed by atoms with Crippen molar-refractivity contribution in [3.63, 3.8) is 0 Å². The zero-order valence-corrected chi connectivity index (χ0v) is 10.1. The lowest BCUT2D eigenvalue weighted by atomic mass is 10.2. The molecule has 1 saturated carbocycles. The number of nitrogens with zero attached hydrogens (tertiary/aromatic N) is 3. The predicted molar refractivity (Wildman–Crippen MR) is 64.8 cm³/mol. The molecule has 3 rings (SSSR count). The van der Waals surface area contributed by atoms with Crippen molar-refractivity contribution in [2.75, 3.05) is 0 Å². The zero-order valence-electron chi connectivity index (χ0n) is 10.1. The van der Waals surface area contributed by atoms with E-state index in [0.29, 0.717) is 29.9 Å². The normalized spacial score (nSPS) is 14.9. The lowest BCUT2D eigenvalue weighted by molar-refractivity contribution is 0.419. The number of aromatic nitrogens is 3. The Hall–Kier alpha value is -1.95. The molecule has 0 atom stereocenters. The van der Waals surface area contributed by atoms with Crippen LogP contribution in [-0.2, 0) is 13.6 Å². The van der Waals surface area contributed by atoms with Crippen LogP contribution in [0.4, 0.5) is 0 Å². The molecule has 0 amide bonds. The molecule has 1 N–H and O–H groups in total. The van der Waals surface area contributed by atoms with Gasteiger partial charge in [-0.1, -0.05) is 5.16 Å². The summed E-state index contributed by atoms with van der Waals surface area (Å²) in [4.78, 5) is 15.8. The molecule has 1 fully saturated rings. The molecule has 94 valence electrons. The third-order valence-corrected chi connectivity index (χ3v) is 2.95. The van der Waals surface area contributed by atoms with Crippen LogP contribution in [-0.4, -0.2) is 20.7 Å². The summed E-state index contributed by atoms with van der Waals surface area (Å²) in [6.45, 7) is 0.610. The summed E-state index contributed by atoms with van der Waals surface area (Å²) < 4.78 is 6.64. The fourth-order valence-corrected chi connectivity index (χ4v) is 1.65. The predicted octanol–water partition coefficient (Wildman–Crippen LogP) is 0.687. The van der Waals surface area contributed by atoms with Gasteiger partial charge in [0.05, 0.1) is 6.54 Å². The third-order valence-electron chi connectivity index (χ3n) is 2.95. The molecule has 2 heterocycles. The number of hydrogen-bond donors (Lipinski definition) is 1. The van der Waals surface area contributed by atoms with Gasteiger partial charge in [-0.3, -0.25) is 4.79 Å². The smallest absolute Gasteiger partial charge is 0.258 e. The van der Waals surface area contributed by atoms with Gasteiger partial charge in [-0.15, -0.1) is 0 Å². The van der Waals surface area contributed by atoms with Gasteiger partial charge in [-0.25, -0.2) is 0 Å². The number of rotatable bonds is 4. The van der Waals surface area contributed by atoms with E-state index < -0.39 is 0 Å². The van der Waals surface area contributed by atoms with E-state index in [0.717, 1.165) is 0 Å². The highest BCUT2D eigenvalue weighted by Gasteiger charge is 2.21. The minimum Gasteiger partial charge on any atom is -0.334 e. The van der Waals surface area contributed by atoms with Crippen molar-refractivity contribution in [2.24, 2.45) is 7.05 Å². The minimum absolute atomic E-state index is 0.0941. The number of pyridine rings is 1. The average Bonchev–Trinajstić information content (AvgIpc) is 3.08. The molecule has 0 saturated heterocycles. The quantitative estimate of drug-likeness (QED) is 0.859. The van der Waals surface area contributed by atoms with Crippen molar-refractivity contribution >= 4 is 0 Å². The molecule has 0 aliphatic heterocycles. The Labute approximate surface area is 104 Å². The highest BCUT2D eigenvalue weighted by atomic mass is 16.5. The summed E-state index contributed by atoms with van der Waals surface area (Å²) in [5.41, 5.74) is 0.562. The molecule has 6 nitrogen and oxygen atoms in total. The minimum atomic E-state index is -0.0941. The summed E-state index contributed by atoms with van der Waals surface area (Å²) in [7, 11) is 1.70. The largest absolute Gasteiger partial charge is 0.334 e. The van der Waals surface area contributed by atoms with E-state index in [2.05, 4.69) is 15.5 Å². The Morgan fingerprint density at radius 2 is 2.39 bits per heavy atom. The maximum atomic E-state index is 11.5. The summed E-state index contributed by atoms with van der Waals surface area (Å²) in [6.07, 6.45) is 4.13. The van der Waals surface area contributed by atoms with Crippen molar-refractivity contribution in [3.05, 3.63) is 34.5 Å². The van der Waals surface area contributed by atoms with Gasteiger partial charge in [-0.2, -0.15) is 4.98 Å². The average molecular weight is 246 g/mol. The second-order valence-electron chi connectivity index (χ2n) is 4.54. The molecule has 0 unspecified atom stereocenters. The van der Waals surface area contributed by atoms with E-state index in [1.807, 2.05) is 0 Å². The SMILES string of the molecule is Cn1ccc(-c2nc(CNC3CC3)no2)cc1=O. The van der Waals surface area contributed by atoms with Crippen molar-refractivity contribution in [3.8, 4) is 11.5 Å². The Balaban J connectivity index is 1.78. The third kappa shape index (κ3) is 2.33. The van der Waals surface area contributed by atoms with Gasteiger partial charge >= 0.3 is 0 Å². The van der Waals surface area contributed by atoms with Crippen molar-refractivity contribution in [1.82, 2.24) is 20.0 Å². The van der Waals surface area contributed by atoms with Gasteiger partial charge in [-0.05, 0) is 18.9 Å². The van der Waals surface area contributed by atoms with Gasteiger partial charge < -0.3 is 14.4 Å². The number of aryl methyl sites for hydroxylation is 1. The molecule has 1 aliphatic carbocycles. The number of nitrogens with one attached hydrogen (secondary N) is 1.